The van der Waals surface area contributed by atoms with Crippen molar-refractivity contribution in [3.63, 3.8) is 0 Å². The van der Waals surface area contributed by atoms with Gasteiger partial charge >= 0.3 is 12.2 Å². The molecule has 1 aromatic heterocycles. The number of aliphatic hydroxyl groups excluding tert-OH is 1. The van der Waals surface area contributed by atoms with Crippen molar-refractivity contribution >= 4 is 58.7 Å². The summed E-state index contributed by atoms with van der Waals surface area (Å²) in [6, 6.07) is 12.3. The fraction of sp³-hybridized carbons (Fsp3) is 0.314. The molecule has 0 radical (unpaired) electrons. The number of carbonyl (C=O) groups is 5. The Kier molecular flexibility index (Phi) is 8.78. The predicted octanol–water partition coefficient (Wildman–Crippen LogP) is 4.84. The molecular weight excluding hydrogens is 730 g/mol. The monoisotopic (exact) mass is 757 g/mol. The summed E-state index contributed by atoms with van der Waals surface area (Å²) in [6.45, 7) is -0.484. The van der Waals surface area contributed by atoms with Gasteiger partial charge in [-0.25, -0.2) is 9.78 Å². The largest absolute Gasteiger partial charge is 0.491 e. The van der Waals surface area contributed by atoms with E-state index in [1.807, 2.05) is 0 Å². The second-order valence-electron chi connectivity index (χ2n) is 12.9. The lowest BCUT2D eigenvalue weighted by Crippen LogP contribution is -2.53. The zero-order valence-corrected chi connectivity index (χ0v) is 28.3. The van der Waals surface area contributed by atoms with Gasteiger partial charge in [-0.3, -0.25) is 24.6 Å². The van der Waals surface area contributed by atoms with Crippen LogP contribution in [-0.4, -0.2) is 62.9 Å². The maximum atomic E-state index is 15.2. The number of likely N-dealkylation sites (tertiary alicyclic amines) is 1. The molecule has 6 atom stereocenters. The zero-order valence-electron chi connectivity index (χ0n) is 26.8. The summed E-state index contributed by atoms with van der Waals surface area (Å²) < 4.78 is 46.2. The van der Waals surface area contributed by atoms with Crippen LogP contribution >= 0.6 is 23.2 Å². The van der Waals surface area contributed by atoms with Gasteiger partial charge in [0.1, 0.15) is 12.4 Å². The number of hydrogen-bond acceptors (Lipinski definition) is 9. The van der Waals surface area contributed by atoms with Gasteiger partial charge in [0.15, 0.2) is 5.82 Å². The summed E-state index contributed by atoms with van der Waals surface area (Å²) in [5, 5.41) is 10.1. The van der Waals surface area contributed by atoms with Crippen LogP contribution in [0.1, 0.15) is 35.4 Å². The molecule has 0 bridgehead atoms. The molecule has 3 heterocycles. The number of nitrogens with one attached hydrogen (secondary N) is 1. The topological polar surface area (TPSA) is 172 Å². The number of hydrazine groups is 1. The fourth-order valence-electron chi connectivity index (χ4n) is 8.35. The van der Waals surface area contributed by atoms with E-state index in [1.165, 1.54) is 12.1 Å². The van der Waals surface area contributed by atoms with Crippen LogP contribution in [0.3, 0.4) is 0 Å². The third kappa shape index (κ3) is 5.32. The molecule has 3 fully saturated rings. The standard InChI is InChI=1S/C35H28Cl2F3N5O7/c36-18-7-5-16(6-8-18)34-23(30(48)45(32(34)50)43-28-24(37)13-17(15-42-28)35(38,39)40)14-22-19(27(34)20-3-1-2-4-25(20)52-12-11-46)9-10-21-26(22)31(49)44(29(21)47)33(41)51/h1-9,13,15,21-23,26-27,46H,10-12,14H2,(H2,41,51)(H,42,43)/t21-,22+,23-,26-,27+,34+/m0/s1. The summed E-state index contributed by atoms with van der Waals surface area (Å²) in [4.78, 5) is 73.5. The number of para-hydroxylation sites is 1. The van der Waals surface area contributed by atoms with Gasteiger partial charge in [0.05, 0.1) is 40.4 Å². The van der Waals surface area contributed by atoms with Crippen molar-refractivity contribution in [3.8, 4) is 5.75 Å². The number of halogens is 5. The summed E-state index contributed by atoms with van der Waals surface area (Å²) in [5.74, 6) is -8.66. The zero-order chi connectivity index (χ0) is 37.3. The highest BCUT2D eigenvalue weighted by atomic mass is 35.5. The van der Waals surface area contributed by atoms with Crippen LogP contribution in [0.5, 0.6) is 5.75 Å². The average Bonchev–Trinajstić information content (AvgIpc) is 3.49. The van der Waals surface area contributed by atoms with Crippen LogP contribution in [0.25, 0.3) is 0 Å². The smallest absolute Gasteiger partial charge is 0.417 e. The van der Waals surface area contributed by atoms with Gasteiger partial charge in [0.25, 0.3) is 11.8 Å². The number of pyridine rings is 1. The first-order valence-electron chi connectivity index (χ1n) is 16.0. The van der Waals surface area contributed by atoms with Crippen LogP contribution in [-0.2, 0) is 30.8 Å². The number of urea groups is 1. The number of amides is 6. The summed E-state index contributed by atoms with van der Waals surface area (Å²) in [5.41, 5.74) is 6.31. The van der Waals surface area contributed by atoms with Crippen molar-refractivity contribution < 1.29 is 47.0 Å². The Morgan fingerprint density at radius 1 is 1.04 bits per heavy atom. The van der Waals surface area contributed by atoms with E-state index in [-0.39, 0.29) is 31.8 Å². The van der Waals surface area contributed by atoms with E-state index >= 15 is 4.79 Å². The van der Waals surface area contributed by atoms with E-state index in [0.717, 1.165) is 0 Å². The molecule has 2 aliphatic carbocycles. The Morgan fingerprint density at radius 3 is 2.40 bits per heavy atom. The van der Waals surface area contributed by atoms with E-state index in [0.29, 0.717) is 43.9 Å². The van der Waals surface area contributed by atoms with Crippen LogP contribution in [0.4, 0.5) is 23.8 Å². The van der Waals surface area contributed by atoms with E-state index in [1.54, 1.807) is 42.5 Å². The lowest BCUT2D eigenvalue weighted by molar-refractivity contribution is -0.140. The number of benzene rings is 2. The summed E-state index contributed by atoms with van der Waals surface area (Å²) in [6.07, 6.45) is -2.67. The van der Waals surface area contributed by atoms with Crippen LogP contribution in [0.2, 0.25) is 10.0 Å². The Hall–Kier alpha value is -4.99. The second kappa shape index (κ2) is 12.9. The fourth-order valence-corrected chi connectivity index (χ4v) is 8.69. The first-order chi connectivity index (χ1) is 24.7. The Labute approximate surface area is 303 Å². The average molecular weight is 759 g/mol. The number of anilines is 1. The minimum atomic E-state index is -4.77. The number of alkyl halides is 3. The number of aromatic nitrogens is 1. The SMILES string of the molecule is NC(=O)N1C(=O)[C@H]2[C@H](CC=C3[C@H]2C[C@H]2C(=O)N(Nc4ncc(C(F)(F)F)cc4Cl)C(=O)[C@@]2(c2ccc(Cl)cc2)[C@H]3c2ccccc2OCCO)C1=O. The van der Waals surface area contributed by atoms with E-state index in [9.17, 15) is 37.5 Å². The molecule has 6 amide bonds. The number of primary amides is 1. The van der Waals surface area contributed by atoms with Crippen LogP contribution < -0.4 is 15.9 Å². The first kappa shape index (κ1) is 35.4. The van der Waals surface area contributed by atoms with Gasteiger partial charge in [-0.15, -0.1) is 0 Å². The molecule has 52 heavy (non-hydrogen) atoms. The molecule has 17 heteroatoms. The Morgan fingerprint density at radius 2 is 1.75 bits per heavy atom. The Balaban J connectivity index is 1.45. The van der Waals surface area contributed by atoms with Crippen molar-refractivity contribution in [1.29, 1.82) is 0 Å². The van der Waals surface area contributed by atoms with Crippen LogP contribution in [0.15, 0.2) is 72.4 Å². The molecule has 0 unspecified atom stereocenters. The normalized spacial score (nSPS) is 26.9. The number of ether oxygens (including phenoxy) is 1. The molecule has 4 N–H and O–H groups in total. The Bertz CT molecular complexity index is 2060. The number of carbonyl (C=O) groups excluding carboxylic acids is 5. The molecule has 1 saturated carbocycles. The number of fused-ring (bicyclic) bond motifs is 4. The summed E-state index contributed by atoms with van der Waals surface area (Å²) in [7, 11) is 0. The number of nitrogens with two attached hydrogens (primary N) is 1. The van der Waals surface area contributed by atoms with Gasteiger partial charge in [0, 0.05) is 22.7 Å². The third-order valence-corrected chi connectivity index (χ3v) is 10.9. The highest BCUT2D eigenvalue weighted by Crippen LogP contribution is 2.65. The third-order valence-electron chi connectivity index (χ3n) is 10.4. The molecule has 2 saturated heterocycles. The van der Waals surface area contributed by atoms with Crippen molar-refractivity contribution in [1.82, 2.24) is 14.9 Å². The van der Waals surface area contributed by atoms with Crippen molar-refractivity contribution in [3.05, 3.63) is 99.2 Å². The van der Waals surface area contributed by atoms with Gasteiger partial charge < -0.3 is 15.6 Å². The van der Waals surface area contributed by atoms with Crippen molar-refractivity contribution in [2.45, 2.75) is 30.4 Å². The number of aliphatic hydroxyl groups is 1. The number of hydrogen-bond donors (Lipinski definition) is 3. The van der Waals surface area contributed by atoms with E-state index in [4.69, 9.17) is 33.7 Å². The molecule has 4 aliphatic rings. The summed E-state index contributed by atoms with van der Waals surface area (Å²) >= 11 is 12.5. The lowest BCUT2D eigenvalue weighted by atomic mass is 9.49. The highest BCUT2D eigenvalue weighted by molar-refractivity contribution is 6.33. The lowest BCUT2D eigenvalue weighted by Gasteiger charge is -2.50. The molecule has 2 aromatic carbocycles. The molecule has 270 valence electrons. The van der Waals surface area contributed by atoms with Gasteiger partial charge in [-0.1, -0.05) is 65.2 Å². The first-order valence-corrected chi connectivity index (χ1v) is 16.8. The minimum absolute atomic E-state index is 0.0115. The maximum absolute atomic E-state index is 15.2. The van der Waals surface area contributed by atoms with Gasteiger partial charge in [-0.2, -0.15) is 23.1 Å². The van der Waals surface area contributed by atoms with Gasteiger partial charge in [0.2, 0.25) is 11.8 Å². The highest BCUT2D eigenvalue weighted by Gasteiger charge is 2.71. The van der Waals surface area contributed by atoms with E-state index < -0.39 is 87.2 Å². The number of rotatable bonds is 7. The minimum Gasteiger partial charge on any atom is -0.491 e. The quantitative estimate of drug-likeness (QED) is 0.225. The van der Waals surface area contributed by atoms with Crippen LogP contribution in [0, 0.1) is 23.7 Å². The molecule has 2 aliphatic heterocycles. The molecule has 7 rings (SSSR count). The number of allylic oxidation sites excluding steroid dienone is 2. The van der Waals surface area contributed by atoms with Gasteiger partial charge in [-0.05, 0) is 48.6 Å². The number of imide groups is 4. The van der Waals surface area contributed by atoms with E-state index in [2.05, 4.69) is 10.4 Å². The van der Waals surface area contributed by atoms with Crippen molar-refractivity contribution in [2.75, 3.05) is 18.6 Å². The molecule has 3 aromatic rings. The maximum Gasteiger partial charge on any atom is 0.417 e. The molecular formula is C35H28Cl2F3N5O7. The van der Waals surface area contributed by atoms with Crippen molar-refractivity contribution in [2.24, 2.45) is 29.4 Å². The predicted molar refractivity (Wildman–Crippen MR) is 177 cm³/mol. The second-order valence-corrected chi connectivity index (χ2v) is 13.7. The molecule has 12 nitrogen and oxygen atoms in total. The number of nitrogens with zero attached hydrogens (tertiary/aromatic N) is 3. The molecule has 0 spiro atoms.